The predicted molar refractivity (Wildman–Crippen MR) is 92.8 cm³/mol. The lowest BCUT2D eigenvalue weighted by Gasteiger charge is -2.06. The fourth-order valence-corrected chi connectivity index (χ4v) is 1.94. The summed E-state index contributed by atoms with van der Waals surface area (Å²) >= 11 is 0. The second-order valence-electron chi connectivity index (χ2n) is 5.35. The molecule has 0 fully saturated rings. The van der Waals surface area contributed by atoms with Crippen LogP contribution < -0.4 is 11.2 Å². The van der Waals surface area contributed by atoms with E-state index in [4.69, 9.17) is 5.73 Å². The Hall–Kier alpha value is -3.37. The van der Waals surface area contributed by atoms with E-state index < -0.39 is 23.5 Å². The van der Waals surface area contributed by atoms with Crippen molar-refractivity contribution in [2.75, 3.05) is 0 Å². The Morgan fingerprint density at radius 1 is 0.821 bits per heavy atom. The molecule has 148 valence electrons. The monoisotopic (exact) mass is 401 g/mol. The van der Waals surface area contributed by atoms with Crippen LogP contribution in [0.5, 0.6) is 0 Å². The van der Waals surface area contributed by atoms with Gasteiger partial charge in [-0.25, -0.2) is 5.43 Å². The van der Waals surface area contributed by atoms with Gasteiger partial charge < -0.3 is 5.73 Å². The Morgan fingerprint density at radius 2 is 1.32 bits per heavy atom. The number of hydrogen-bond acceptors (Lipinski definition) is 3. The maximum absolute atomic E-state index is 12.6. The maximum atomic E-state index is 12.6. The molecule has 0 saturated carbocycles. The largest absolute Gasteiger partial charge is 0.416 e. The smallest absolute Gasteiger partial charge is 0.367 e. The lowest BCUT2D eigenvalue weighted by molar-refractivity contribution is -0.138. The van der Waals surface area contributed by atoms with Crippen molar-refractivity contribution in [3.8, 4) is 0 Å². The number of rotatable bonds is 4. The zero-order chi connectivity index (χ0) is 20.8. The topological polar surface area (TPSA) is 75.1 Å². The van der Waals surface area contributed by atoms with Crippen LogP contribution in [0.1, 0.15) is 22.3 Å². The highest BCUT2D eigenvalue weighted by atomic mass is 19.4. The van der Waals surface area contributed by atoms with Gasteiger partial charge in [0.05, 0.1) is 23.6 Å². The number of nitrogens with zero attached hydrogens (tertiary/aromatic N) is 3. The summed E-state index contributed by atoms with van der Waals surface area (Å²) in [5.41, 5.74) is 6.34. The van der Waals surface area contributed by atoms with Crippen LogP contribution in [-0.4, -0.2) is 18.4 Å². The molecule has 0 aromatic heterocycles. The molecular weight excluding hydrogens is 388 g/mol. The molecule has 0 amide bonds. The molecule has 2 rings (SSSR count). The molecule has 28 heavy (non-hydrogen) atoms. The fourth-order valence-electron chi connectivity index (χ4n) is 1.94. The van der Waals surface area contributed by atoms with Crippen LogP contribution >= 0.6 is 0 Å². The second kappa shape index (κ2) is 8.55. The van der Waals surface area contributed by atoms with E-state index in [-0.39, 0.29) is 17.1 Å². The van der Waals surface area contributed by atoms with Crippen molar-refractivity contribution < 1.29 is 26.3 Å². The second-order valence-corrected chi connectivity index (χ2v) is 5.35. The Morgan fingerprint density at radius 3 is 1.82 bits per heavy atom. The first kappa shape index (κ1) is 20.9. The van der Waals surface area contributed by atoms with Gasteiger partial charge in [0.1, 0.15) is 0 Å². The Labute approximate surface area is 155 Å². The van der Waals surface area contributed by atoms with E-state index in [2.05, 4.69) is 20.7 Å². The maximum Gasteiger partial charge on any atom is 0.416 e. The van der Waals surface area contributed by atoms with Crippen molar-refractivity contribution >= 4 is 18.4 Å². The molecule has 0 aliphatic carbocycles. The normalized spacial score (nSPS) is 13.4. The number of hydrazone groups is 1. The summed E-state index contributed by atoms with van der Waals surface area (Å²) in [6.45, 7) is 0. The van der Waals surface area contributed by atoms with Crippen LogP contribution in [-0.2, 0) is 12.4 Å². The first-order chi connectivity index (χ1) is 13.1. The minimum atomic E-state index is -4.48. The molecule has 0 spiro atoms. The molecule has 2 aromatic carbocycles. The van der Waals surface area contributed by atoms with E-state index in [1.807, 2.05) is 0 Å². The summed E-state index contributed by atoms with van der Waals surface area (Å²) < 4.78 is 75.7. The van der Waals surface area contributed by atoms with Gasteiger partial charge in [0.25, 0.3) is 0 Å². The number of halogens is 6. The Balaban J connectivity index is 1.98. The first-order valence-corrected chi connectivity index (χ1v) is 7.56. The van der Waals surface area contributed by atoms with Crippen LogP contribution in [0, 0.1) is 0 Å². The highest BCUT2D eigenvalue weighted by Crippen LogP contribution is 2.30. The van der Waals surface area contributed by atoms with Crippen LogP contribution in [0.4, 0.5) is 26.3 Å². The summed E-state index contributed by atoms with van der Waals surface area (Å²) in [5, 5.41) is 10.6. The van der Waals surface area contributed by atoms with E-state index in [1.165, 1.54) is 24.3 Å². The number of hydrogen-bond donors (Lipinski definition) is 2. The molecule has 0 unspecified atom stereocenters. The molecule has 0 aliphatic rings. The highest BCUT2D eigenvalue weighted by molar-refractivity contribution is 5.84. The van der Waals surface area contributed by atoms with Crippen molar-refractivity contribution in [2.45, 2.75) is 12.4 Å². The van der Waals surface area contributed by atoms with Crippen molar-refractivity contribution in [1.29, 1.82) is 0 Å². The minimum Gasteiger partial charge on any atom is -0.367 e. The number of benzene rings is 2. The average Bonchev–Trinajstić information content (AvgIpc) is 2.61. The lowest BCUT2D eigenvalue weighted by Crippen LogP contribution is -2.26. The molecule has 5 nitrogen and oxygen atoms in total. The SMILES string of the molecule is N/C(=N\N=C\c1cccc(C(F)(F)F)c1)N/N=C/c1cccc(C(F)(F)F)c1. The van der Waals surface area contributed by atoms with Gasteiger partial charge in [-0.3, -0.25) is 0 Å². The van der Waals surface area contributed by atoms with Gasteiger partial charge in [-0.05, 0) is 35.4 Å². The Kier molecular flexibility index (Phi) is 6.39. The zero-order valence-corrected chi connectivity index (χ0v) is 14.0. The minimum absolute atomic E-state index is 0.152. The number of nitrogens with two attached hydrogens (primary N) is 1. The van der Waals surface area contributed by atoms with Crippen molar-refractivity contribution in [3.63, 3.8) is 0 Å². The fraction of sp³-hybridized carbons (Fsp3) is 0.118. The van der Waals surface area contributed by atoms with E-state index in [0.29, 0.717) is 0 Å². The molecule has 11 heteroatoms. The molecule has 2 aromatic rings. The van der Waals surface area contributed by atoms with E-state index in [0.717, 1.165) is 36.7 Å². The molecule has 0 heterocycles. The molecule has 3 N–H and O–H groups in total. The zero-order valence-electron chi connectivity index (χ0n) is 14.0. The third-order valence-electron chi connectivity index (χ3n) is 3.19. The van der Waals surface area contributed by atoms with E-state index >= 15 is 0 Å². The van der Waals surface area contributed by atoms with Gasteiger partial charge in [0, 0.05) is 0 Å². The summed E-state index contributed by atoms with van der Waals surface area (Å²) in [6.07, 6.45) is -6.81. The first-order valence-electron chi connectivity index (χ1n) is 7.56. The summed E-state index contributed by atoms with van der Waals surface area (Å²) in [5.74, 6) is -0.313. The summed E-state index contributed by atoms with van der Waals surface area (Å²) in [7, 11) is 0. The molecule has 0 aliphatic heterocycles. The van der Waals surface area contributed by atoms with Gasteiger partial charge in [-0.15, -0.1) is 5.10 Å². The standard InChI is InChI=1S/C17H13F6N5/c18-16(19,20)13-5-1-3-11(7-13)9-25-27-15(24)28-26-10-12-4-2-6-14(8-12)17(21,22)23/h1-10H,(H3,24,27,28)/b25-9+,26-10+. The van der Waals surface area contributed by atoms with Gasteiger partial charge in [0.2, 0.25) is 5.96 Å². The van der Waals surface area contributed by atoms with Crippen LogP contribution in [0.3, 0.4) is 0 Å². The van der Waals surface area contributed by atoms with Crippen LogP contribution in [0.25, 0.3) is 0 Å². The third-order valence-corrected chi connectivity index (χ3v) is 3.19. The molecule has 0 saturated heterocycles. The van der Waals surface area contributed by atoms with E-state index in [1.54, 1.807) is 0 Å². The predicted octanol–water partition coefficient (Wildman–Crippen LogP) is 4.00. The molecule has 0 bridgehead atoms. The number of alkyl halides is 6. The van der Waals surface area contributed by atoms with Crippen LogP contribution in [0.2, 0.25) is 0 Å². The lowest BCUT2D eigenvalue weighted by atomic mass is 10.1. The quantitative estimate of drug-likeness (QED) is 0.352. The van der Waals surface area contributed by atoms with Gasteiger partial charge in [0.15, 0.2) is 0 Å². The van der Waals surface area contributed by atoms with Crippen molar-refractivity contribution in [2.24, 2.45) is 21.0 Å². The Bertz CT molecular complexity index is 899. The summed E-state index contributed by atoms with van der Waals surface area (Å²) in [4.78, 5) is 0. The molecular formula is C17H13F6N5. The number of nitrogens with one attached hydrogen (secondary N) is 1. The van der Waals surface area contributed by atoms with Crippen LogP contribution in [0.15, 0.2) is 63.8 Å². The highest BCUT2D eigenvalue weighted by Gasteiger charge is 2.30. The summed E-state index contributed by atoms with van der Waals surface area (Å²) in [6, 6.07) is 8.85. The molecule has 0 atom stereocenters. The van der Waals surface area contributed by atoms with Gasteiger partial charge in [-0.2, -0.15) is 36.5 Å². The van der Waals surface area contributed by atoms with E-state index in [9.17, 15) is 26.3 Å². The van der Waals surface area contributed by atoms with Crippen molar-refractivity contribution in [1.82, 2.24) is 5.43 Å². The third kappa shape index (κ3) is 6.41. The number of guanidine groups is 1. The average molecular weight is 401 g/mol. The molecule has 0 radical (unpaired) electrons. The van der Waals surface area contributed by atoms with Gasteiger partial charge in [-0.1, -0.05) is 24.3 Å². The van der Waals surface area contributed by atoms with Gasteiger partial charge >= 0.3 is 12.4 Å². The van der Waals surface area contributed by atoms with Crippen molar-refractivity contribution in [3.05, 3.63) is 70.8 Å².